The van der Waals surface area contributed by atoms with Gasteiger partial charge in [0.15, 0.2) is 0 Å². The van der Waals surface area contributed by atoms with Gasteiger partial charge in [-0.1, -0.05) is 31.4 Å². The fourth-order valence-corrected chi connectivity index (χ4v) is 4.49. The fraction of sp³-hybridized carbons (Fsp3) is 0.562. The normalized spacial score (nSPS) is 22.2. The molecule has 0 bridgehead atoms. The van der Waals surface area contributed by atoms with Crippen molar-refractivity contribution in [1.29, 1.82) is 0 Å². The minimum absolute atomic E-state index is 0.0332. The third-order valence-electron chi connectivity index (χ3n) is 4.07. The summed E-state index contributed by atoms with van der Waals surface area (Å²) in [5.74, 6) is 1.25. The van der Waals surface area contributed by atoms with Crippen molar-refractivity contribution in [3.63, 3.8) is 0 Å². The number of rotatable bonds is 5. The molecule has 3 atom stereocenters. The van der Waals surface area contributed by atoms with E-state index < -0.39 is 10.8 Å². The number of anilines is 1. The first-order valence-electron chi connectivity index (χ1n) is 7.83. The number of ether oxygens (including phenoxy) is 1. The first kappa shape index (κ1) is 18.1. The van der Waals surface area contributed by atoms with E-state index in [1.54, 1.807) is 25.3 Å². The number of carbonyl (C=O) groups excluding carboxylic acids is 1. The van der Waals surface area contributed by atoms with Gasteiger partial charge >= 0.3 is 6.03 Å². The molecule has 1 aromatic carbocycles. The molecule has 0 spiro atoms. The Labute approximate surface area is 144 Å². The number of carbonyl (C=O) groups is 1. The Morgan fingerprint density at radius 2 is 2.13 bits per heavy atom. The summed E-state index contributed by atoms with van der Waals surface area (Å²) < 4.78 is 17.2. The van der Waals surface area contributed by atoms with Gasteiger partial charge in [-0.05, 0) is 25.0 Å². The lowest BCUT2D eigenvalue weighted by atomic mass is 9.95. The first-order valence-corrected chi connectivity index (χ1v) is 9.59. The van der Waals surface area contributed by atoms with Crippen LogP contribution in [0.4, 0.5) is 10.5 Å². The van der Waals surface area contributed by atoms with Crippen LogP contribution in [0.2, 0.25) is 5.02 Å². The van der Waals surface area contributed by atoms with Crippen molar-refractivity contribution in [2.45, 2.75) is 43.9 Å². The Bertz CT molecular complexity index is 582. The molecule has 2 N–H and O–H groups in total. The van der Waals surface area contributed by atoms with Gasteiger partial charge in [0, 0.05) is 28.7 Å². The van der Waals surface area contributed by atoms with Crippen LogP contribution in [-0.2, 0) is 10.8 Å². The Kier molecular flexibility index (Phi) is 6.72. The van der Waals surface area contributed by atoms with Crippen molar-refractivity contribution in [2.75, 3.05) is 18.2 Å². The maximum atomic E-state index is 12.2. The first-order chi connectivity index (χ1) is 11.0. The van der Waals surface area contributed by atoms with E-state index in [1.165, 1.54) is 0 Å². The standard InChI is InChI=1S/C16H23ClN2O3S/c1-3-23(21)15-7-5-4-6-14(15)19-16(20)18-13-9-8-11(22-2)10-12(13)17/h8-10,14-15H,3-7H2,1-2H3,(H2,18,19,20)/t14-,15+,23+/m1/s1. The second kappa shape index (κ2) is 8.55. The molecule has 0 radical (unpaired) electrons. The summed E-state index contributed by atoms with van der Waals surface area (Å²) in [7, 11) is 0.658. The van der Waals surface area contributed by atoms with Crippen LogP contribution >= 0.6 is 11.6 Å². The van der Waals surface area contributed by atoms with E-state index in [9.17, 15) is 9.00 Å². The summed E-state index contributed by atoms with van der Waals surface area (Å²) in [6, 6.07) is 4.70. The average molecular weight is 359 g/mol. The van der Waals surface area contributed by atoms with Crippen molar-refractivity contribution in [3.05, 3.63) is 23.2 Å². The lowest BCUT2D eigenvalue weighted by Gasteiger charge is -2.31. The summed E-state index contributed by atoms with van der Waals surface area (Å²) in [5.41, 5.74) is 0.522. The van der Waals surface area contributed by atoms with E-state index >= 15 is 0 Å². The highest BCUT2D eigenvalue weighted by Crippen LogP contribution is 2.27. The lowest BCUT2D eigenvalue weighted by molar-refractivity contribution is 0.244. The zero-order valence-electron chi connectivity index (χ0n) is 13.4. The van der Waals surface area contributed by atoms with Crippen molar-refractivity contribution >= 4 is 34.1 Å². The molecule has 128 valence electrons. The van der Waals surface area contributed by atoms with Crippen LogP contribution in [0.1, 0.15) is 32.6 Å². The third kappa shape index (κ3) is 4.85. The van der Waals surface area contributed by atoms with E-state index in [2.05, 4.69) is 10.6 Å². The highest BCUT2D eigenvalue weighted by Gasteiger charge is 2.30. The van der Waals surface area contributed by atoms with Gasteiger partial charge in [-0.25, -0.2) is 4.79 Å². The molecule has 1 aromatic rings. The predicted molar refractivity (Wildman–Crippen MR) is 94.9 cm³/mol. The molecule has 0 heterocycles. The smallest absolute Gasteiger partial charge is 0.319 e. The average Bonchev–Trinajstić information content (AvgIpc) is 2.56. The minimum Gasteiger partial charge on any atom is -0.497 e. The van der Waals surface area contributed by atoms with Crippen molar-refractivity contribution in [3.8, 4) is 5.75 Å². The zero-order valence-corrected chi connectivity index (χ0v) is 15.0. The Balaban J connectivity index is 1.99. The number of halogens is 1. The summed E-state index contributed by atoms with van der Waals surface area (Å²) in [6.07, 6.45) is 3.88. The van der Waals surface area contributed by atoms with E-state index in [0.29, 0.717) is 22.2 Å². The molecule has 0 aliphatic heterocycles. The van der Waals surface area contributed by atoms with Crippen LogP contribution in [0.15, 0.2) is 18.2 Å². The summed E-state index contributed by atoms with van der Waals surface area (Å²) in [4.78, 5) is 12.2. The van der Waals surface area contributed by atoms with Crippen LogP contribution in [-0.4, -0.2) is 34.4 Å². The van der Waals surface area contributed by atoms with Gasteiger partial charge < -0.3 is 15.4 Å². The topological polar surface area (TPSA) is 67.4 Å². The van der Waals surface area contributed by atoms with Crippen LogP contribution in [0.25, 0.3) is 0 Å². The maximum Gasteiger partial charge on any atom is 0.319 e. The number of benzene rings is 1. The van der Waals surface area contributed by atoms with Crippen LogP contribution < -0.4 is 15.4 Å². The number of hydrogen-bond acceptors (Lipinski definition) is 3. The molecule has 2 rings (SSSR count). The maximum absolute atomic E-state index is 12.2. The molecule has 1 fully saturated rings. The minimum atomic E-state index is -0.900. The van der Waals surface area contributed by atoms with E-state index in [1.807, 2.05) is 6.92 Å². The fourth-order valence-electron chi connectivity index (χ4n) is 2.84. The molecular weight excluding hydrogens is 336 g/mol. The molecule has 5 nitrogen and oxygen atoms in total. The summed E-state index contributed by atoms with van der Waals surface area (Å²) >= 11 is 6.13. The Morgan fingerprint density at radius 3 is 2.78 bits per heavy atom. The molecule has 0 aromatic heterocycles. The van der Waals surface area contributed by atoms with Gasteiger partial charge in [0.1, 0.15) is 5.75 Å². The highest BCUT2D eigenvalue weighted by molar-refractivity contribution is 7.85. The Morgan fingerprint density at radius 1 is 1.39 bits per heavy atom. The highest BCUT2D eigenvalue weighted by atomic mass is 35.5. The summed E-state index contributed by atoms with van der Waals surface area (Å²) in [6.45, 7) is 1.92. The predicted octanol–water partition coefficient (Wildman–Crippen LogP) is 3.55. The Hall–Kier alpha value is -1.27. The van der Waals surface area contributed by atoms with E-state index in [4.69, 9.17) is 16.3 Å². The number of methoxy groups -OCH3 is 1. The van der Waals surface area contributed by atoms with Crippen molar-refractivity contribution < 1.29 is 13.7 Å². The van der Waals surface area contributed by atoms with E-state index in [-0.39, 0.29) is 17.3 Å². The largest absolute Gasteiger partial charge is 0.497 e. The van der Waals surface area contributed by atoms with Crippen LogP contribution in [0.5, 0.6) is 5.75 Å². The van der Waals surface area contributed by atoms with Crippen molar-refractivity contribution in [2.24, 2.45) is 0 Å². The van der Waals surface area contributed by atoms with Crippen LogP contribution in [0, 0.1) is 0 Å². The molecule has 0 unspecified atom stereocenters. The van der Waals surface area contributed by atoms with Gasteiger partial charge in [-0.15, -0.1) is 0 Å². The quantitative estimate of drug-likeness (QED) is 0.845. The number of urea groups is 1. The molecule has 1 aliphatic rings. The lowest BCUT2D eigenvalue weighted by Crippen LogP contribution is -2.48. The van der Waals surface area contributed by atoms with Gasteiger partial charge in [0.05, 0.1) is 23.1 Å². The molecule has 0 saturated heterocycles. The third-order valence-corrected chi connectivity index (χ3v) is 6.19. The van der Waals surface area contributed by atoms with Gasteiger partial charge in [-0.2, -0.15) is 0 Å². The van der Waals surface area contributed by atoms with Gasteiger partial charge in [0.25, 0.3) is 0 Å². The zero-order chi connectivity index (χ0) is 16.8. The number of nitrogens with one attached hydrogen (secondary N) is 2. The molecule has 23 heavy (non-hydrogen) atoms. The van der Waals surface area contributed by atoms with Gasteiger partial charge in [-0.3, -0.25) is 4.21 Å². The van der Waals surface area contributed by atoms with Crippen LogP contribution in [0.3, 0.4) is 0 Å². The molecular formula is C16H23ClN2O3S. The molecule has 7 heteroatoms. The second-order valence-corrected chi connectivity index (χ2v) is 7.89. The molecule has 1 saturated carbocycles. The van der Waals surface area contributed by atoms with E-state index in [0.717, 1.165) is 25.7 Å². The SMILES string of the molecule is CC[S@](=O)[C@H]1CCCC[C@H]1NC(=O)Nc1ccc(OC)cc1Cl. The van der Waals surface area contributed by atoms with Crippen molar-refractivity contribution in [1.82, 2.24) is 5.32 Å². The molecule has 2 amide bonds. The second-order valence-electron chi connectivity index (χ2n) is 5.54. The molecule has 1 aliphatic carbocycles. The number of amides is 2. The monoisotopic (exact) mass is 358 g/mol. The number of hydrogen-bond donors (Lipinski definition) is 2. The summed E-state index contributed by atoms with van der Waals surface area (Å²) in [5, 5.41) is 6.15. The van der Waals surface area contributed by atoms with Gasteiger partial charge in [0.2, 0.25) is 0 Å².